The van der Waals surface area contributed by atoms with Gasteiger partial charge in [-0.1, -0.05) is 0 Å². The third-order valence-electron chi connectivity index (χ3n) is 1.59. The number of ether oxygens (including phenoxy) is 2. The molecule has 0 unspecified atom stereocenters. The molecule has 0 saturated carbocycles. The Morgan fingerprint density at radius 1 is 1.13 bits per heavy atom. The van der Waals surface area contributed by atoms with E-state index in [9.17, 15) is 8.42 Å². The van der Waals surface area contributed by atoms with Gasteiger partial charge in [-0.2, -0.15) is 8.42 Å². The first-order valence-electron chi connectivity index (χ1n) is 3.90. The zero-order chi connectivity index (χ0) is 11.5. The largest absolute Gasteiger partial charge is 0.497 e. The first-order chi connectivity index (χ1) is 6.94. The van der Waals surface area contributed by atoms with Gasteiger partial charge in [-0.15, -0.1) is 0 Å². The predicted octanol–water partition coefficient (Wildman–Crippen LogP) is 1.60. The van der Waals surface area contributed by atoms with E-state index in [0.29, 0.717) is 11.5 Å². The van der Waals surface area contributed by atoms with Crippen LogP contribution in [0.3, 0.4) is 0 Å². The molecule has 15 heavy (non-hydrogen) atoms. The molecular weight excluding hydrogens is 242 g/mol. The molecule has 0 heterocycles. The van der Waals surface area contributed by atoms with Crippen LogP contribution in [-0.2, 0) is 9.24 Å². The summed E-state index contributed by atoms with van der Waals surface area (Å²) in [6.07, 6.45) is 0. The van der Waals surface area contributed by atoms with Crippen molar-refractivity contribution < 1.29 is 17.9 Å². The molecule has 0 radical (unpaired) electrons. The Morgan fingerprint density at radius 2 is 1.60 bits per heavy atom. The van der Waals surface area contributed by atoms with Gasteiger partial charge in [0, 0.05) is 28.9 Å². The van der Waals surface area contributed by atoms with E-state index in [1.807, 2.05) is 0 Å². The van der Waals surface area contributed by atoms with E-state index in [-0.39, 0.29) is 5.69 Å². The van der Waals surface area contributed by atoms with Gasteiger partial charge in [0.15, 0.2) is 0 Å². The second-order valence-corrected chi connectivity index (χ2v) is 4.94. The Balaban J connectivity index is 3.07. The first-order valence-corrected chi connectivity index (χ1v) is 6.21. The SMILES string of the molecule is COc1cc(NS(=O)(=O)Cl)cc(OC)c1. The summed E-state index contributed by atoms with van der Waals surface area (Å²) < 4.78 is 33.6. The summed E-state index contributed by atoms with van der Waals surface area (Å²) >= 11 is 0. The number of halogens is 1. The Morgan fingerprint density at radius 3 is 1.93 bits per heavy atom. The molecule has 1 rings (SSSR count). The summed E-state index contributed by atoms with van der Waals surface area (Å²) in [6, 6.07) is 4.59. The minimum absolute atomic E-state index is 0.279. The minimum atomic E-state index is -3.82. The Bertz CT molecular complexity index is 424. The van der Waals surface area contributed by atoms with Crippen molar-refractivity contribution in [3.05, 3.63) is 18.2 Å². The number of benzene rings is 1. The molecule has 0 bridgehead atoms. The number of rotatable bonds is 4. The van der Waals surface area contributed by atoms with Gasteiger partial charge in [0.25, 0.3) is 0 Å². The molecule has 0 aliphatic heterocycles. The molecule has 0 atom stereocenters. The van der Waals surface area contributed by atoms with Crippen LogP contribution in [0.25, 0.3) is 0 Å². The van der Waals surface area contributed by atoms with Crippen LogP contribution in [0.15, 0.2) is 18.2 Å². The van der Waals surface area contributed by atoms with E-state index in [0.717, 1.165) is 0 Å². The molecule has 0 aliphatic carbocycles. The Kier molecular flexibility index (Phi) is 3.65. The number of methoxy groups -OCH3 is 2. The van der Waals surface area contributed by atoms with Crippen molar-refractivity contribution in [3.63, 3.8) is 0 Å². The van der Waals surface area contributed by atoms with E-state index < -0.39 is 9.24 Å². The average molecular weight is 252 g/mol. The maximum atomic E-state index is 10.8. The summed E-state index contributed by atoms with van der Waals surface area (Å²) in [6.45, 7) is 0. The lowest BCUT2D eigenvalue weighted by molar-refractivity contribution is 0.395. The summed E-state index contributed by atoms with van der Waals surface area (Å²) in [5.41, 5.74) is 0.279. The predicted molar refractivity (Wildman–Crippen MR) is 57.9 cm³/mol. The standard InChI is InChI=1S/C8H10ClNO4S/c1-13-7-3-6(10-15(9,11)12)4-8(5-7)14-2/h3-5,10H,1-2H3. The lowest BCUT2D eigenvalue weighted by atomic mass is 10.3. The van der Waals surface area contributed by atoms with E-state index in [4.69, 9.17) is 20.2 Å². The summed E-state index contributed by atoms with van der Waals surface area (Å²) in [5, 5.41) is 0. The van der Waals surface area contributed by atoms with Crippen molar-refractivity contribution >= 4 is 25.6 Å². The fraction of sp³-hybridized carbons (Fsp3) is 0.250. The van der Waals surface area contributed by atoms with Crippen molar-refractivity contribution in [3.8, 4) is 11.5 Å². The van der Waals surface area contributed by atoms with E-state index in [2.05, 4.69) is 4.72 Å². The monoisotopic (exact) mass is 251 g/mol. The van der Waals surface area contributed by atoms with Gasteiger partial charge in [-0.3, -0.25) is 4.72 Å². The second-order valence-electron chi connectivity index (χ2n) is 2.64. The highest BCUT2D eigenvalue weighted by Crippen LogP contribution is 2.26. The number of anilines is 1. The van der Waals surface area contributed by atoms with Gasteiger partial charge < -0.3 is 9.47 Å². The van der Waals surface area contributed by atoms with Crippen LogP contribution in [0.4, 0.5) is 5.69 Å². The number of hydrogen-bond acceptors (Lipinski definition) is 4. The Hall–Kier alpha value is -1.14. The molecule has 84 valence electrons. The Labute approximate surface area is 92.5 Å². The van der Waals surface area contributed by atoms with Crippen LogP contribution in [0.1, 0.15) is 0 Å². The normalized spacial score (nSPS) is 10.9. The summed E-state index contributed by atoms with van der Waals surface area (Å²) in [5.74, 6) is 0.939. The molecule has 0 aromatic heterocycles. The minimum Gasteiger partial charge on any atom is -0.497 e. The van der Waals surface area contributed by atoms with Crippen LogP contribution < -0.4 is 14.2 Å². The zero-order valence-electron chi connectivity index (χ0n) is 8.15. The third kappa shape index (κ3) is 3.85. The molecular formula is C8H10ClNO4S. The van der Waals surface area contributed by atoms with Gasteiger partial charge >= 0.3 is 9.24 Å². The van der Waals surface area contributed by atoms with E-state index in [1.54, 1.807) is 6.07 Å². The van der Waals surface area contributed by atoms with E-state index >= 15 is 0 Å². The highest BCUT2D eigenvalue weighted by atomic mass is 35.7. The smallest absolute Gasteiger partial charge is 0.319 e. The summed E-state index contributed by atoms with van der Waals surface area (Å²) in [7, 11) is 4.15. The van der Waals surface area contributed by atoms with Crippen molar-refractivity contribution in [1.29, 1.82) is 0 Å². The van der Waals surface area contributed by atoms with Crippen LogP contribution in [0, 0.1) is 0 Å². The average Bonchev–Trinajstić information content (AvgIpc) is 2.14. The lowest BCUT2D eigenvalue weighted by Crippen LogP contribution is -2.04. The third-order valence-corrected chi connectivity index (χ3v) is 2.30. The maximum absolute atomic E-state index is 10.8. The van der Waals surface area contributed by atoms with Crippen molar-refractivity contribution in [2.45, 2.75) is 0 Å². The second kappa shape index (κ2) is 4.59. The van der Waals surface area contributed by atoms with Gasteiger partial charge in [0.1, 0.15) is 11.5 Å². The summed E-state index contributed by atoms with van der Waals surface area (Å²) in [4.78, 5) is 0. The van der Waals surface area contributed by atoms with E-state index in [1.165, 1.54) is 26.4 Å². The van der Waals surface area contributed by atoms with Crippen LogP contribution >= 0.6 is 10.7 Å². The topological polar surface area (TPSA) is 64.6 Å². The van der Waals surface area contributed by atoms with Gasteiger partial charge in [-0.25, -0.2) is 0 Å². The molecule has 0 spiro atoms. The molecule has 5 nitrogen and oxygen atoms in total. The first kappa shape index (κ1) is 11.9. The van der Waals surface area contributed by atoms with Crippen molar-refractivity contribution in [2.75, 3.05) is 18.9 Å². The molecule has 7 heteroatoms. The number of hydrogen-bond donors (Lipinski definition) is 1. The highest BCUT2D eigenvalue weighted by Gasteiger charge is 2.07. The quantitative estimate of drug-likeness (QED) is 0.826. The molecule has 1 N–H and O–H groups in total. The van der Waals surface area contributed by atoms with Gasteiger partial charge in [-0.05, 0) is 0 Å². The molecule has 1 aromatic carbocycles. The van der Waals surface area contributed by atoms with Gasteiger partial charge in [0.05, 0.1) is 19.9 Å². The molecule has 0 saturated heterocycles. The fourth-order valence-corrected chi connectivity index (χ4v) is 1.67. The fourth-order valence-electron chi connectivity index (χ4n) is 1.01. The van der Waals surface area contributed by atoms with Gasteiger partial charge in [0.2, 0.25) is 0 Å². The lowest BCUT2D eigenvalue weighted by Gasteiger charge is -2.08. The highest BCUT2D eigenvalue weighted by molar-refractivity contribution is 8.14. The van der Waals surface area contributed by atoms with Crippen LogP contribution in [0.5, 0.6) is 11.5 Å². The van der Waals surface area contributed by atoms with Crippen molar-refractivity contribution in [2.24, 2.45) is 0 Å². The molecule has 0 aliphatic rings. The number of nitrogens with one attached hydrogen (secondary N) is 1. The van der Waals surface area contributed by atoms with Crippen LogP contribution in [-0.4, -0.2) is 22.6 Å². The molecule has 0 amide bonds. The maximum Gasteiger partial charge on any atom is 0.319 e. The zero-order valence-corrected chi connectivity index (χ0v) is 9.72. The molecule has 0 fully saturated rings. The molecule has 1 aromatic rings. The van der Waals surface area contributed by atoms with Crippen molar-refractivity contribution in [1.82, 2.24) is 0 Å². The van der Waals surface area contributed by atoms with Crippen LogP contribution in [0.2, 0.25) is 0 Å².